The normalized spacial score (nSPS) is 13.6. The van der Waals surface area contributed by atoms with Gasteiger partial charge in [-0.2, -0.15) is 10.5 Å². The van der Waals surface area contributed by atoms with E-state index in [9.17, 15) is 0 Å². The molecule has 0 aromatic heterocycles. The molecule has 0 saturated heterocycles. The van der Waals surface area contributed by atoms with Crippen LogP contribution in [0.15, 0.2) is 23.5 Å². The smallest absolute Gasteiger partial charge is 0.171 e. The van der Waals surface area contributed by atoms with Gasteiger partial charge in [0.15, 0.2) is 5.57 Å². The van der Waals surface area contributed by atoms with Gasteiger partial charge in [-0.25, -0.2) is 0 Å². The highest BCUT2D eigenvalue weighted by molar-refractivity contribution is 5.43. The number of allylic oxidation sites excluding steroid dienone is 2. The van der Waals surface area contributed by atoms with Crippen LogP contribution < -0.4 is 0 Å². The fourth-order valence-electron chi connectivity index (χ4n) is 0.632. The van der Waals surface area contributed by atoms with E-state index >= 15 is 0 Å². The Bertz CT molecular complexity index is 259. The lowest BCUT2D eigenvalue weighted by atomic mass is 10.3. The predicted molar refractivity (Wildman–Crippen MR) is 33.3 cm³/mol. The van der Waals surface area contributed by atoms with E-state index in [4.69, 9.17) is 15.3 Å². The standard InChI is InChI=1S/C7H4N2O/c8-4-6(5-9)7-2-1-3-10-7/h1-2H,3H2. The lowest BCUT2D eigenvalue weighted by Crippen LogP contribution is -1.85. The fourth-order valence-corrected chi connectivity index (χ4v) is 0.632. The second kappa shape index (κ2) is 2.70. The Hall–Kier alpha value is -1.74. The highest BCUT2D eigenvalue weighted by atomic mass is 16.5. The maximum absolute atomic E-state index is 8.34. The highest BCUT2D eigenvalue weighted by Crippen LogP contribution is 2.11. The molecule has 0 N–H and O–H groups in total. The molecule has 1 heterocycles. The molecule has 0 bridgehead atoms. The minimum atomic E-state index is 0.0359. The Morgan fingerprint density at radius 2 is 2.20 bits per heavy atom. The zero-order chi connectivity index (χ0) is 7.40. The quantitative estimate of drug-likeness (QED) is 0.459. The average Bonchev–Trinajstić information content (AvgIpc) is 2.43. The van der Waals surface area contributed by atoms with Gasteiger partial charge in [0, 0.05) is 0 Å². The van der Waals surface area contributed by atoms with E-state index in [1.807, 2.05) is 0 Å². The van der Waals surface area contributed by atoms with Crippen LogP contribution in [0.25, 0.3) is 0 Å². The molecule has 0 spiro atoms. The van der Waals surface area contributed by atoms with Gasteiger partial charge in [-0.3, -0.25) is 0 Å². The van der Waals surface area contributed by atoms with E-state index in [0.717, 1.165) is 0 Å². The number of nitrogens with zero attached hydrogens (tertiary/aromatic N) is 2. The lowest BCUT2D eigenvalue weighted by molar-refractivity contribution is 0.277. The van der Waals surface area contributed by atoms with Crippen LogP contribution >= 0.6 is 0 Å². The third kappa shape index (κ3) is 0.985. The van der Waals surface area contributed by atoms with E-state index in [2.05, 4.69) is 0 Å². The average molecular weight is 132 g/mol. The number of hydrogen-bond acceptors (Lipinski definition) is 3. The van der Waals surface area contributed by atoms with Crippen molar-refractivity contribution in [2.24, 2.45) is 0 Å². The van der Waals surface area contributed by atoms with Crippen molar-refractivity contribution in [2.45, 2.75) is 0 Å². The maximum Gasteiger partial charge on any atom is 0.171 e. The minimum absolute atomic E-state index is 0.0359. The van der Waals surface area contributed by atoms with Crippen LogP contribution in [0.3, 0.4) is 0 Å². The molecule has 1 rings (SSSR count). The Morgan fingerprint density at radius 3 is 2.60 bits per heavy atom. The van der Waals surface area contributed by atoms with Gasteiger partial charge in [0.25, 0.3) is 0 Å². The highest BCUT2D eigenvalue weighted by Gasteiger charge is 2.06. The number of ether oxygens (including phenoxy) is 1. The number of nitriles is 2. The third-order valence-corrected chi connectivity index (χ3v) is 1.07. The van der Waals surface area contributed by atoms with Crippen LogP contribution in [-0.2, 0) is 4.74 Å². The van der Waals surface area contributed by atoms with Crippen LogP contribution in [0, 0.1) is 22.7 Å². The van der Waals surface area contributed by atoms with Crippen molar-refractivity contribution in [2.75, 3.05) is 6.61 Å². The summed E-state index contributed by atoms with van der Waals surface area (Å²) in [5.41, 5.74) is 0.0359. The molecule has 0 unspecified atom stereocenters. The van der Waals surface area contributed by atoms with Gasteiger partial charge in [-0.05, 0) is 12.2 Å². The Labute approximate surface area is 58.4 Å². The van der Waals surface area contributed by atoms with Gasteiger partial charge in [-0.1, -0.05) is 0 Å². The SMILES string of the molecule is N#CC(C#N)=C1C=CCO1. The summed E-state index contributed by atoms with van der Waals surface area (Å²) in [7, 11) is 0. The zero-order valence-corrected chi connectivity index (χ0v) is 5.16. The van der Waals surface area contributed by atoms with Crippen LogP contribution in [0.4, 0.5) is 0 Å². The topological polar surface area (TPSA) is 56.8 Å². The Morgan fingerprint density at radius 1 is 1.50 bits per heavy atom. The van der Waals surface area contributed by atoms with Crippen molar-refractivity contribution in [3.05, 3.63) is 23.5 Å². The molecular weight excluding hydrogens is 128 g/mol. The lowest BCUT2D eigenvalue weighted by Gasteiger charge is -1.93. The second-order valence-electron chi connectivity index (χ2n) is 1.68. The summed E-state index contributed by atoms with van der Waals surface area (Å²) in [6.07, 6.45) is 3.38. The first-order valence-electron chi connectivity index (χ1n) is 2.72. The van der Waals surface area contributed by atoms with Crippen LogP contribution in [0.2, 0.25) is 0 Å². The molecule has 0 amide bonds. The van der Waals surface area contributed by atoms with Gasteiger partial charge in [-0.15, -0.1) is 0 Å². The van der Waals surface area contributed by atoms with Gasteiger partial charge >= 0.3 is 0 Å². The van der Waals surface area contributed by atoms with Crippen molar-refractivity contribution in [3.63, 3.8) is 0 Å². The molecule has 3 heteroatoms. The first kappa shape index (κ1) is 6.38. The van der Waals surface area contributed by atoms with E-state index in [1.54, 1.807) is 24.3 Å². The van der Waals surface area contributed by atoms with Gasteiger partial charge in [0.2, 0.25) is 0 Å². The fraction of sp³-hybridized carbons (Fsp3) is 0.143. The largest absolute Gasteiger partial charge is 0.487 e. The van der Waals surface area contributed by atoms with E-state index in [1.165, 1.54) is 0 Å². The van der Waals surface area contributed by atoms with Crippen molar-refractivity contribution in [3.8, 4) is 12.1 Å². The van der Waals surface area contributed by atoms with Gasteiger partial charge in [0.1, 0.15) is 24.5 Å². The summed E-state index contributed by atoms with van der Waals surface area (Å²) in [5, 5.41) is 16.7. The van der Waals surface area contributed by atoms with Crippen LogP contribution in [0.1, 0.15) is 0 Å². The van der Waals surface area contributed by atoms with Crippen molar-refractivity contribution in [1.82, 2.24) is 0 Å². The third-order valence-electron chi connectivity index (χ3n) is 1.07. The summed E-state index contributed by atoms with van der Waals surface area (Å²) in [6, 6.07) is 3.47. The summed E-state index contributed by atoms with van der Waals surface area (Å²) in [5.74, 6) is 0.380. The molecule has 48 valence electrons. The first-order valence-corrected chi connectivity index (χ1v) is 2.72. The first-order chi connectivity index (χ1) is 4.88. The molecule has 0 aromatic rings. The molecular formula is C7H4N2O. The molecule has 1 aliphatic rings. The molecule has 0 aliphatic carbocycles. The summed E-state index contributed by atoms with van der Waals surface area (Å²) >= 11 is 0. The summed E-state index contributed by atoms with van der Waals surface area (Å²) < 4.78 is 4.92. The van der Waals surface area contributed by atoms with Crippen LogP contribution in [0.5, 0.6) is 0 Å². The van der Waals surface area contributed by atoms with E-state index in [-0.39, 0.29) is 5.57 Å². The zero-order valence-electron chi connectivity index (χ0n) is 5.16. The van der Waals surface area contributed by atoms with Crippen LogP contribution in [-0.4, -0.2) is 6.61 Å². The van der Waals surface area contributed by atoms with Crippen molar-refractivity contribution >= 4 is 0 Å². The molecule has 0 fully saturated rings. The molecule has 0 saturated carbocycles. The summed E-state index contributed by atoms with van der Waals surface area (Å²) in [6.45, 7) is 0.461. The maximum atomic E-state index is 8.34. The molecule has 10 heavy (non-hydrogen) atoms. The second-order valence-corrected chi connectivity index (χ2v) is 1.68. The predicted octanol–water partition coefficient (Wildman–Crippen LogP) is 0.874. The van der Waals surface area contributed by atoms with E-state index < -0.39 is 0 Å². The van der Waals surface area contributed by atoms with E-state index in [0.29, 0.717) is 12.4 Å². The van der Waals surface area contributed by atoms with Crippen molar-refractivity contribution < 1.29 is 4.74 Å². The number of rotatable bonds is 0. The Balaban J connectivity index is 2.97. The van der Waals surface area contributed by atoms with Gasteiger partial charge in [0.05, 0.1) is 0 Å². The van der Waals surface area contributed by atoms with Crippen molar-refractivity contribution in [1.29, 1.82) is 10.5 Å². The Kier molecular flexibility index (Phi) is 1.72. The monoisotopic (exact) mass is 132 g/mol. The molecule has 1 aliphatic heterocycles. The minimum Gasteiger partial charge on any atom is -0.487 e. The van der Waals surface area contributed by atoms with Gasteiger partial charge < -0.3 is 4.74 Å². The molecule has 0 aromatic carbocycles. The number of hydrogen-bond donors (Lipinski definition) is 0. The molecule has 0 atom stereocenters. The molecule has 0 radical (unpaired) electrons. The summed E-state index contributed by atoms with van der Waals surface area (Å²) in [4.78, 5) is 0. The molecule has 3 nitrogen and oxygen atoms in total.